The molecule has 0 spiro atoms. The van der Waals surface area contributed by atoms with E-state index in [1.54, 1.807) is 13.8 Å². The Balaban J connectivity index is 2.61. The van der Waals surface area contributed by atoms with Crippen molar-refractivity contribution in [3.05, 3.63) is 63.6 Å². The summed E-state index contributed by atoms with van der Waals surface area (Å²) in [5.74, 6) is -2.12. The number of aryl methyl sites for hydroxylation is 2. The predicted molar refractivity (Wildman–Crippen MR) is 84.7 cm³/mol. The van der Waals surface area contributed by atoms with Gasteiger partial charge in [0.25, 0.3) is 0 Å². The van der Waals surface area contributed by atoms with Gasteiger partial charge in [0, 0.05) is 6.07 Å². The van der Waals surface area contributed by atoms with Crippen molar-refractivity contribution in [1.29, 1.82) is 5.26 Å². The number of nitriles is 1. The fraction of sp³-hybridized carbons (Fsp3) is 0.118. The lowest BCUT2D eigenvalue weighted by atomic mass is 10.1. The molecule has 0 aliphatic carbocycles. The van der Waals surface area contributed by atoms with Crippen LogP contribution in [0.2, 0.25) is 0 Å². The molecule has 0 aromatic heterocycles. The van der Waals surface area contributed by atoms with Crippen LogP contribution in [-0.2, 0) is 9.84 Å². The summed E-state index contributed by atoms with van der Waals surface area (Å²) in [5, 5.41) is 18.9. The van der Waals surface area contributed by atoms with E-state index in [2.05, 4.69) is 0 Å². The maximum Gasteiger partial charge on any atom is 0.219 e. The van der Waals surface area contributed by atoms with Gasteiger partial charge in [-0.2, -0.15) is 5.26 Å². The third-order valence-electron chi connectivity index (χ3n) is 3.39. The topological polar surface area (TPSA) is 78.2 Å². The second kappa shape index (κ2) is 6.42. The molecule has 0 atom stereocenters. The van der Waals surface area contributed by atoms with Crippen LogP contribution in [0.1, 0.15) is 16.7 Å². The first-order chi connectivity index (χ1) is 11.2. The van der Waals surface area contributed by atoms with E-state index in [0.29, 0.717) is 22.8 Å². The first-order valence-electron chi connectivity index (χ1n) is 6.79. The Morgan fingerprint density at radius 3 is 2.25 bits per heavy atom. The summed E-state index contributed by atoms with van der Waals surface area (Å²) >= 11 is 0. The SMILES string of the molecule is Cc1cc(/C=C(\C#N)S(=O)(=O)c2ccc(F)cc2F)cc(C)c1O. The number of hydrogen-bond acceptors (Lipinski definition) is 4. The van der Waals surface area contributed by atoms with Crippen molar-refractivity contribution < 1.29 is 22.3 Å². The maximum absolute atomic E-state index is 13.8. The monoisotopic (exact) mass is 349 g/mol. The van der Waals surface area contributed by atoms with Gasteiger partial charge in [-0.15, -0.1) is 0 Å². The highest BCUT2D eigenvalue weighted by Gasteiger charge is 2.25. The molecule has 0 fully saturated rings. The van der Waals surface area contributed by atoms with Crippen LogP contribution < -0.4 is 0 Å². The first kappa shape index (κ1) is 17.6. The Bertz CT molecular complexity index is 966. The lowest BCUT2D eigenvalue weighted by Crippen LogP contribution is -2.06. The Morgan fingerprint density at radius 2 is 1.75 bits per heavy atom. The van der Waals surface area contributed by atoms with E-state index in [1.807, 2.05) is 0 Å². The molecule has 0 aliphatic heterocycles. The zero-order valence-corrected chi connectivity index (χ0v) is 13.7. The van der Waals surface area contributed by atoms with E-state index in [9.17, 15) is 27.6 Å². The van der Waals surface area contributed by atoms with E-state index in [-0.39, 0.29) is 5.75 Å². The average molecular weight is 349 g/mol. The van der Waals surface area contributed by atoms with Crippen molar-refractivity contribution in [2.45, 2.75) is 18.7 Å². The van der Waals surface area contributed by atoms with Gasteiger partial charge in [0.15, 0.2) is 0 Å². The van der Waals surface area contributed by atoms with Crippen molar-refractivity contribution in [3.63, 3.8) is 0 Å². The minimum atomic E-state index is -4.44. The van der Waals surface area contributed by atoms with Crippen LogP contribution in [0.4, 0.5) is 8.78 Å². The van der Waals surface area contributed by atoms with Gasteiger partial charge in [0.1, 0.15) is 33.3 Å². The molecule has 7 heteroatoms. The smallest absolute Gasteiger partial charge is 0.219 e. The largest absolute Gasteiger partial charge is 0.507 e. The lowest BCUT2D eigenvalue weighted by molar-refractivity contribution is 0.467. The van der Waals surface area contributed by atoms with E-state index >= 15 is 0 Å². The summed E-state index contributed by atoms with van der Waals surface area (Å²) in [4.78, 5) is -1.46. The summed E-state index contributed by atoms with van der Waals surface area (Å²) in [5.41, 5.74) is 1.37. The molecule has 0 bridgehead atoms. The Morgan fingerprint density at radius 1 is 1.17 bits per heavy atom. The summed E-state index contributed by atoms with van der Waals surface area (Å²) in [6.45, 7) is 3.25. The van der Waals surface area contributed by atoms with Crippen molar-refractivity contribution >= 4 is 15.9 Å². The minimum Gasteiger partial charge on any atom is -0.507 e. The number of aromatic hydroxyl groups is 1. The van der Waals surface area contributed by atoms with Crippen molar-refractivity contribution in [1.82, 2.24) is 0 Å². The van der Waals surface area contributed by atoms with Gasteiger partial charge < -0.3 is 5.11 Å². The molecule has 0 saturated heterocycles. The van der Waals surface area contributed by atoms with Crippen LogP contribution in [0.25, 0.3) is 6.08 Å². The number of benzene rings is 2. The molecule has 24 heavy (non-hydrogen) atoms. The quantitative estimate of drug-likeness (QED) is 0.678. The number of halogens is 2. The highest BCUT2D eigenvalue weighted by molar-refractivity contribution is 7.95. The van der Waals surface area contributed by atoms with Gasteiger partial charge >= 0.3 is 0 Å². The van der Waals surface area contributed by atoms with E-state index in [4.69, 9.17) is 0 Å². The highest BCUT2D eigenvalue weighted by Crippen LogP contribution is 2.27. The number of rotatable bonds is 3. The summed E-state index contributed by atoms with van der Waals surface area (Å²) in [7, 11) is -4.44. The van der Waals surface area contributed by atoms with Crippen LogP contribution in [0.3, 0.4) is 0 Å². The number of allylic oxidation sites excluding steroid dienone is 1. The molecule has 0 unspecified atom stereocenters. The van der Waals surface area contributed by atoms with Gasteiger partial charge in [-0.3, -0.25) is 0 Å². The molecule has 4 nitrogen and oxygen atoms in total. The molecule has 0 heterocycles. The summed E-state index contributed by atoms with van der Waals surface area (Å²) < 4.78 is 51.6. The van der Waals surface area contributed by atoms with Gasteiger partial charge in [-0.25, -0.2) is 17.2 Å². The second-order valence-corrected chi connectivity index (χ2v) is 7.09. The van der Waals surface area contributed by atoms with Crippen LogP contribution in [0.5, 0.6) is 5.75 Å². The van der Waals surface area contributed by atoms with Gasteiger partial charge in [-0.1, -0.05) is 0 Å². The number of phenolic OH excluding ortho intramolecular Hbond substituents is 1. The van der Waals surface area contributed by atoms with Gasteiger partial charge in [0.2, 0.25) is 9.84 Å². The molecule has 1 N–H and O–H groups in total. The molecule has 2 rings (SSSR count). The van der Waals surface area contributed by atoms with Crippen LogP contribution in [-0.4, -0.2) is 13.5 Å². The Hall–Kier alpha value is -2.72. The molecule has 0 amide bonds. The third kappa shape index (κ3) is 3.29. The highest BCUT2D eigenvalue weighted by atomic mass is 32.2. The lowest BCUT2D eigenvalue weighted by Gasteiger charge is -2.07. The second-order valence-electron chi connectivity index (χ2n) is 5.20. The fourth-order valence-corrected chi connectivity index (χ4v) is 3.42. The number of nitrogens with zero attached hydrogens (tertiary/aromatic N) is 1. The van der Waals surface area contributed by atoms with E-state index in [1.165, 1.54) is 18.2 Å². The summed E-state index contributed by atoms with van der Waals surface area (Å²) in [6.07, 6.45) is 1.08. The first-order valence-corrected chi connectivity index (χ1v) is 8.27. The van der Waals surface area contributed by atoms with E-state index in [0.717, 1.165) is 18.2 Å². The molecule has 0 aliphatic rings. The zero-order valence-electron chi connectivity index (χ0n) is 12.8. The normalized spacial score (nSPS) is 12.0. The van der Waals surface area contributed by atoms with E-state index < -0.39 is 31.3 Å². The maximum atomic E-state index is 13.8. The van der Waals surface area contributed by atoms with Crippen LogP contribution in [0.15, 0.2) is 40.1 Å². The Kier molecular flexibility index (Phi) is 4.71. The Labute approximate surface area is 138 Å². The molecule has 0 saturated carbocycles. The molecule has 2 aromatic rings. The standard InChI is InChI=1S/C17H13F2NO3S/c1-10-5-12(6-11(2)17(10)21)7-14(9-20)24(22,23)16-4-3-13(18)8-15(16)19/h3-8,21H,1-2H3/b14-7+. The van der Waals surface area contributed by atoms with Crippen molar-refractivity contribution in [3.8, 4) is 11.8 Å². The number of phenols is 1. The minimum absolute atomic E-state index is 0.0677. The van der Waals surface area contributed by atoms with Gasteiger partial charge in [0.05, 0.1) is 0 Å². The number of hydrogen-bond donors (Lipinski definition) is 1. The van der Waals surface area contributed by atoms with Crippen LogP contribution in [0, 0.1) is 36.8 Å². The molecular formula is C17H13F2NO3S. The average Bonchev–Trinajstić information content (AvgIpc) is 2.49. The third-order valence-corrected chi connectivity index (χ3v) is 5.09. The van der Waals surface area contributed by atoms with Crippen molar-refractivity contribution in [2.75, 3.05) is 0 Å². The fourth-order valence-electron chi connectivity index (χ4n) is 2.21. The molecule has 2 aromatic carbocycles. The molecule has 0 radical (unpaired) electrons. The predicted octanol–water partition coefficient (Wildman–Crippen LogP) is 3.63. The molecular weight excluding hydrogens is 336 g/mol. The van der Waals surface area contributed by atoms with Gasteiger partial charge in [-0.05, 0) is 60.9 Å². The zero-order chi connectivity index (χ0) is 18.1. The summed E-state index contributed by atoms with van der Waals surface area (Å²) in [6, 6.07) is 6.55. The molecule has 124 valence electrons. The van der Waals surface area contributed by atoms with Crippen molar-refractivity contribution in [2.24, 2.45) is 0 Å². The van der Waals surface area contributed by atoms with Crippen LogP contribution >= 0.6 is 0 Å². The number of sulfone groups is 1.